The van der Waals surface area contributed by atoms with Crippen molar-refractivity contribution >= 4 is 33.8 Å². The van der Waals surface area contributed by atoms with Gasteiger partial charge in [-0.05, 0) is 18.1 Å². The molecule has 0 saturated carbocycles. The molecular weight excluding hydrogens is 294 g/mol. The molecule has 0 bridgehead atoms. The van der Waals surface area contributed by atoms with Gasteiger partial charge in [0.05, 0.1) is 4.92 Å². The van der Waals surface area contributed by atoms with Gasteiger partial charge >= 0.3 is 0 Å². The van der Waals surface area contributed by atoms with E-state index in [1.165, 1.54) is 6.07 Å². The summed E-state index contributed by atoms with van der Waals surface area (Å²) in [5, 5.41) is 16.8. The van der Waals surface area contributed by atoms with Crippen molar-refractivity contribution in [3.8, 4) is 0 Å². The molecule has 0 unspecified atom stereocenters. The molecule has 114 valence electrons. The standard InChI is InChI=1S/C13H17N3O4S/c1-2-21(20)6-5-14-11-8-10-9(3-4-13(17)15-10)7-12(11)16(18)19/h7-8,14H,2-6H2,1H3,(H,15,17)/t21-/m1/s1. The van der Waals surface area contributed by atoms with Crippen molar-refractivity contribution in [1.29, 1.82) is 0 Å². The van der Waals surface area contributed by atoms with Gasteiger partial charge < -0.3 is 10.6 Å². The number of nitro groups is 1. The van der Waals surface area contributed by atoms with Gasteiger partial charge in [-0.3, -0.25) is 19.1 Å². The highest BCUT2D eigenvalue weighted by atomic mass is 32.2. The fourth-order valence-electron chi connectivity index (χ4n) is 2.15. The summed E-state index contributed by atoms with van der Waals surface area (Å²) in [5.74, 6) is 0.899. The Labute approximate surface area is 124 Å². The molecule has 1 aromatic rings. The Morgan fingerprint density at radius 3 is 2.86 bits per heavy atom. The number of nitrogens with zero attached hydrogens (tertiary/aromatic N) is 1. The van der Waals surface area contributed by atoms with E-state index in [1.807, 2.05) is 6.92 Å². The van der Waals surface area contributed by atoms with Crippen LogP contribution in [0.1, 0.15) is 18.9 Å². The lowest BCUT2D eigenvalue weighted by Crippen LogP contribution is -2.20. The van der Waals surface area contributed by atoms with E-state index in [4.69, 9.17) is 0 Å². The van der Waals surface area contributed by atoms with Crippen LogP contribution < -0.4 is 10.6 Å². The smallest absolute Gasteiger partial charge is 0.292 e. The summed E-state index contributed by atoms with van der Waals surface area (Å²) >= 11 is 0. The maximum atomic E-state index is 11.4. The number of nitrogens with one attached hydrogen (secondary N) is 2. The highest BCUT2D eigenvalue weighted by Gasteiger charge is 2.22. The van der Waals surface area contributed by atoms with Crippen LogP contribution in [0.3, 0.4) is 0 Å². The largest absolute Gasteiger partial charge is 0.379 e. The number of hydrogen-bond acceptors (Lipinski definition) is 5. The fourth-order valence-corrected chi connectivity index (χ4v) is 2.77. The zero-order valence-electron chi connectivity index (χ0n) is 11.7. The first-order chi connectivity index (χ1) is 10.0. The van der Waals surface area contributed by atoms with E-state index in [2.05, 4.69) is 10.6 Å². The third-order valence-corrected chi connectivity index (χ3v) is 4.58. The normalized spacial score (nSPS) is 15.0. The van der Waals surface area contributed by atoms with Crippen LogP contribution >= 0.6 is 0 Å². The first kappa shape index (κ1) is 15.4. The van der Waals surface area contributed by atoms with Gasteiger partial charge in [0.15, 0.2) is 0 Å². The minimum atomic E-state index is -0.928. The Morgan fingerprint density at radius 1 is 1.43 bits per heavy atom. The second-order valence-electron chi connectivity index (χ2n) is 4.69. The summed E-state index contributed by atoms with van der Waals surface area (Å²) < 4.78 is 11.4. The topological polar surface area (TPSA) is 101 Å². The van der Waals surface area contributed by atoms with Crippen LogP contribution in [0.15, 0.2) is 12.1 Å². The number of amides is 1. The number of benzene rings is 1. The molecule has 1 aromatic carbocycles. The molecular formula is C13H17N3O4S. The maximum Gasteiger partial charge on any atom is 0.292 e. The summed E-state index contributed by atoms with van der Waals surface area (Å²) in [6.07, 6.45) is 0.842. The van der Waals surface area contributed by atoms with E-state index in [-0.39, 0.29) is 11.6 Å². The monoisotopic (exact) mass is 311 g/mol. The van der Waals surface area contributed by atoms with Crippen LogP contribution in [0.2, 0.25) is 0 Å². The predicted molar refractivity (Wildman–Crippen MR) is 82.1 cm³/mol. The van der Waals surface area contributed by atoms with Crippen LogP contribution in [0, 0.1) is 10.1 Å². The molecule has 7 nitrogen and oxygen atoms in total. The quantitative estimate of drug-likeness (QED) is 0.614. The van der Waals surface area contributed by atoms with E-state index in [9.17, 15) is 19.1 Å². The molecule has 1 aliphatic rings. The van der Waals surface area contributed by atoms with Gasteiger partial charge in [-0.1, -0.05) is 6.92 Å². The second kappa shape index (κ2) is 6.66. The second-order valence-corrected chi connectivity index (χ2v) is 6.56. The minimum Gasteiger partial charge on any atom is -0.379 e. The maximum absolute atomic E-state index is 11.4. The Balaban J connectivity index is 2.21. The molecule has 0 spiro atoms. The molecule has 8 heteroatoms. The van der Waals surface area contributed by atoms with Crippen LogP contribution in [-0.2, 0) is 22.0 Å². The highest BCUT2D eigenvalue weighted by molar-refractivity contribution is 7.84. The Hall–Kier alpha value is -1.96. The summed E-state index contributed by atoms with van der Waals surface area (Å²) in [7, 11) is -0.928. The third-order valence-electron chi connectivity index (χ3n) is 3.28. The van der Waals surface area contributed by atoms with Crippen LogP contribution in [-0.4, -0.2) is 33.1 Å². The van der Waals surface area contributed by atoms with Gasteiger partial charge in [-0.15, -0.1) is 0 Å². The van der Waals surface area contributed by atoms with E-state index in [0.29, 0.717) is 42.3 Å². The van der Waals surface area contributed by atoms with Gasteiger partial charge in [0.1, 0.15) is 5.69 Å². The van der Waals surface area contributed by atoms with Crippen molar-refractivity contribution in [3.05, 3.63) is 27.8 Å². The average Bonchev–Trinajstić information content (AvgIpc) is 2.45. The number of carbonyl (C=O) groups excluding carboxylic acids is 1. The third kappa shape index (κ3) is 3.78. The lowest BCUT2D eigenvalue weighted by atomic mass is 10.0. The number of carbonyl (C=O) groups is 1. The molecule has 0 fully saturated rings. The molecule has 2 N–H and O–H groups in total. The molecule has 0 saturated heterocycles. The highest BCUT2D eigenvalue weighted by Crippen LogP contribution is 2.33. The van der Waals surface area contributed by atoms with E-state index >= 15 is 0 Å². The number of rotatable bonds is 6. The average molecular weight is 311 g/mol. The summed E-state index contributed by atoms with van der Waals surface area (Å²) in [4.78, 5) is 22.1. The number of anilines is 2. The summed E-state index contributed by atoms with van der Waals surface area (Å²) in [5.41, 5.74) is 1.70. The number of fused-ring (bicyclic) bond motifs is 1. The number of hydrogen-bond donors (Lipinski definition) is 2. The van der Waals surface area contributed by atoms with Gasteiger partial charge in [0.25, 0.3) is 5.69 Å². The summed E-state index contributed by atoms with van der Waals surface area (Å²) in [6, 6.07) is 3.08. The van der Waals surface area contributed by atoms with Crippen molar-refractivity contribution < 1.29 is 13.9 Å². The Kier molecular flexibility index (Phi) is 4.89. The molecule has 0 aromatic heterocycles. The summed E-state index contributed by atoms with van der Waals surface area (Å²) in [6.45, 7) is 2.21. The molecule has 1 amide bonds. The minimum absolute atomic E-state index is 0.0211. The van der Waals surface area contributed by atoms with Crippen LogP contribution in [0.25, 0.3) is 0 Å². The van der Waals surface area contributed by atoms with Gasteiger partial charge in [-0.2, -0.15) is 0 Å². The van der Waals surface area contributed by atoms with Gasteiger partial charge in [0.2, 0.25) is 5.91 Å². The zero-order chi connectivity index (χ0) is 15.4. The molecule has 1 aliphatic heterocycles. The zero-order valence-corrected chi connectivity index (χ0v) is 12.5. The van der Waals surface area contributed by atoms with E-state index in [0.717, 1.165) is 5.56 Å². The van der Waals surface area contributed by atoms with E-state index < -0.39 is 15.7 Å². The predicted octanol–water partition coefficient (Wildman–Crippen LogP) is 1.66. The fraction of sp³-hybridized carbons (Fsp3) is 0.462. The van der Waals surface area contributed by atoms with E-state index in [1.54, 1.807) is 6.07 Å². The van der Waals surface area contributed by atoms with Crippen LogP contribution in [0.4, 0.5) is 17.1 Å². The van der Waals surface area contributed by atoms with Crippen molar-refractivity contribution in [3.63, 3.8) is 0 Å². The van der Waals surface area contributed by atoms with Crippen molar-refractivity contribution in [2.24, 2.45) is 0 Å². The Bertz CT molecular complexity index is 603. The number of nitro benzene ring substituents is 1. The first-order valence-electron chi connectivity index (χ1n) is 6.71. The lowest BCUT2D eigenvalue weighted by Gasteiger charge is -2.18. The molecule has 0 radical (unpaired) electrons. The molecule has 2 rings (SSSR count). The lowest BCUT2D eigenvalue weighted by molar-refractivity contribution is -0.384. The SMILES string of the molecule is CC[S@@](=O)CCNc1cc2c(cc1[N+](=O)[O-])CCC(=O)N2. The molecule has 0 aliphatic carbocycles. The van der Waals surface area contributed by atoms with Gasteiger partial charge in [-0.25, -0.2) is 0 Å². The molecule has 1 atom stereocenters. The van der Waals surface area contributed by atoms with Crippen molar-refractivity contribution in [1.82, 2.24) is 0 Å². The van der Waals surface area contributed by atoms with Crippen molar-refractivity contribution in [2.45, 2.75) is 19.8 Å². The van der Waals surface area contributed by atoms with Crippen molar-refractivity contribution in [2.75, 3.05) is 28.7 Å². The Morgan fingerprint density at radius 2 is 2.19 bits per heavy atom. The number of aryl methyl sites for hydroxylation is 1. The molecule has 1 heterocycles. The molecule has 21 heavy (non-hydrogen) atoms. The van der Waals surface area contributed by atoms with Gasteiger partial charge in [0, 0.05) is 47.0 Å². The van der Waals surface area contributed by atoms with Crippen LogP contribution in [0.5, 0.6) is 0 Å². The first-order valence-corrected chi connectivity index (χ1v) is 8.20.